The maximum Gasteiger partial charge on any atom is 0.265 e. The van der Waals surface area contributed by atoms with Gasteiger partial charge in [-0.3, -0.25) is 4.55 Å². The Bertz CT molecular complexity index is 2740. The first kappa shape index (κ1) is 46.5. The fourth-order valence-corrected chi connectivity index (χ4v) is 12.0. The molecule has 0 unspecified atom stereocenters. The number of anilines is 6. The van der Waals surface area contributed by atoms with Crippen LogP contribution >= 0.6 is 80.7 Å². The average Bonchev–Trinajstić information content (AvgIpc) is 4.05. The highest BCUT2D eigenvalue weighted by Gasteiger charge is 2.21. The Hall–Kier alpha value is -4.53. The zero-order chi connectivity index (χ0) is 44.8. The third-order valence-electron chi connectivity index (χ3n) is 9.29. The monoisotopic (exact) mass is 1010 g/mol. The lowest BCUT2D eigenvalue weighted by molar-refractivity contribution is 0.414. The van der Waals surface area contributed by atoms with Crippen molar-refractivity contribution in [1.29, 1.82) is 0 Å². The minimum Gasteiger partial charge on any atom is -0.494 e. The molecule has 332 valence electrons. The molecule has 0 bridgehead atoms. The molecule has 0 spiro atoms. The van der Waals surface area contributed by atoms with Crippen molar-refractivity contribution in [3.8, 4) is 11.5 Å². The fraction of sp³-hybridized carbons (Fsp3) is 0.324. The van der Waals surface area contributed by atoms with Crippen LogP contribution in [0.4, 0.5) is 56.0 Å². The minimum absolute atomic E-state index is 0.0487. The van der Waals surface area contributed by atoms with Crippen LogP contribution < -0.4 is 29.9 Å². The Morgan fingerprint density at radius 2 is 1.16 bits per heavy atom. The molecular weight excluding hydrogens is 970 g/mol. The van der Waals surface area contributed by atoms with E-state index in [0.29, 0.717) is 91.2 Å². The number of halogens is 2. The van der Waals surface area contributed by atoms with Gasteiger partial charge in [0.15, 0.2) is 15.2 Å². The summed E-state index contributed by atoms with van der Waals surface area (Å²) in [7, 11) is -1.10. The summed E-state index contributed by atoms with van der Waals surface area (Å²) in [5, 5.41) is 32.4. The molecule has 26 heteroatoms. The van der Waals surface area contributed by atoms with Gasteiger partial charge in [-0.1, -0.05) is 35.0 Å². The van der Waals surface area contributed by atoms with Crippen LogP contribution in [-0.2, 0) is 10.1 Å². The van der Waals surface area contributed by atoms with E-state index in [-0.39, 0.29) is 22.8 Å². The van der Waals surface area contributed by atoms with Gasteiger partial charge in [-0.05, 0) is 62.9 Å². The van der Waals surface area contributed by atoms with E-state index in [1.54, 1.807) is 37.1 Å². The molecule has 5 heterocycles. The van der Waals surface area contributed by atoms with Gasteiger partial charge in [-0.25, -0.2) is 0 Å². The molecule has 0 fully saturated rings. The summed E-state index contributed by atoms with van der Waals surface area (Å²) < 4.78 is 53.5. The molecular formula is C37H39Cl2N13O5S6. The van der Waals surface area contributed by atoms with E-state index < -0.39 is 15.9 Å². The van der Waals surface area contributed by atoms with Crippen LogP contribution in [0.5, 0.6) is 11.5 Å². The Kier molecular flexibility index (Phi) is 15.1. The molecule has 7 rings (SSSR count). The molecule has 7 aromatic rings. The predicted octanol–water partition coefficient (Wildman–Crippen LogP) is 12.5. The zero-order valence-electron chi connectivity index (χ0n) is 34.4. The number of ether oxygens (including phenoxy) is 2. The summed E-state index contributed by atoms with van der Waals surface area (Å²) in [6.07, 6.45) is 0. The number of methoxy groups -OCH3 is 2. The first-order valence-electron chi connectivity index (χ1n) is 19.1. The number of fused-ring (bicyclic) bond motifs is 2. The molecule has 0 amide bonds. The maximum absolute atomic E-state index is 11.7. The Balaban J connectivity index is 1.34. The van der Waals surface area contributed by atoms with E-state index in [9.17, 15) is 13.0 Å². The lowest BCUT2D eigenvalue weighted by atomic mass is 10.2. The van der Waals surface area contributed by atoms with Crippen molar-refractivity contribution in [3.05, 3.63) is 45.1 Å². The zero-order valence-corrected chi connectivity index (χ0v) is 40.8. The molecule has 0 radical (unpaired) electrons. The summed E-state index contributed by atoms with van der Waals surface area (Å²) in [5.74, 6) is 0.703. The second kappa shape index (κ2) is 20.5. The van der Waals surface area contributed by atoms with Crippen molar-refractivity contribution in [1.82, 2.24) is 23.7 Å². The summed E-state index contributed by atoms with van der Waals surface area (Å²) in [5.41, 5.74) is 3.26. The Morgan fingerprint density at radius 1 is 0.714 bits per heavy atom. The number of hydrogen-bond donors (Lipinski definition) is 3. The molecule has 0 aliphatic rings. The maximum atomic E-state index is 11.7. The molecule has 3 N–H and O–H groups in total. The Labute approximate surface area is 392 Å². The van der Waals surface area contributed by atoms with E-state index in [1.807, 2.05) is 39.8 Å². The first-order valence-corrected chi connectivity index (χ1v) is 25.7. The minimum atomic E-state index is -4.27. The average molecular weight is 1010 g/mol. The summed E-state index contributed by atoms with van der Waals surface area (Å²) >= 11 is 19.2. The summed E-state index contributed by atoms with van der Waals surface area (Å²) in [6, 6.07) is 7.27. The van der Waals surface area contributed by atoms with Crippen LogP contribution in [0, 0.1) is 0 Å². The van der Waals surface area contributed by atoms with Gasteiger partial charge in [-0.15, -0.1) is 43.1 Å². The highest BCUT2D eigenvalue weighted by atomic mass is 35.5. The van der Waals surface area contributed by atoms with Crippen LogP contribution in [0.25, 0.3) is 20.4 Å². The van der Waals surface area contributed by atoms with Gasteiger partial charge in [0.1, 0.15) is 32.5 Å². The standard InChI is InChI=1S/C37H39Cl2N13O5S6/c1-7-51(8-2)25-13-21(23(15-27(25)56-5)45-47-31-29-19(38)17-59-33(29)49-61-31)40-35-42-36(44-37(43-35)58-11-12-63(53,54)55)41-22-14-26(52(9-3)10-4)28(57-6)16-24(22)46-48-32-30-20(39)18-60-34(30)50-62-32/h13-18H,7-12H2,1-6H3,(H,53,54,55)(H2,40,41,42,43,44). The number of hydrogen-bond acceptors (Lipinski definition) is 22. The second-order valence-corrected chi connectivity index (χ2v) is 19.6. The van der Waals surface area contributed by atoms with Gasteiger partial charge >= 0.3 is 0 Å². The normalized spacial score (nSPS) is 12.0. The van der Waals surface area contributed by atoms with E-state index in [2.05, 4.69) is 59.6 Å². The van der Waals surface area contributed by atoms with Crippen LogP contribution in [0.15, 0.2) is 60.6 Å². The summed E-state index contributed by atoms with van der Waals surface area (Å²) in [4.78, 5) is 19.8. The predicted molar refractivity (Wildman–Crippen MR) is 260 cm³/mol. The van der Waals surface area contributed by atoms with Crippen molar-refractivity contribution in [2.24, 2.45) is 20.5 Å². The van der Waals surface area contributed by atoms with Crippen molar-refractivity contribution >= 4 is 167 Å². The van der Waals surface area contributed by atoms with Gasteiger partial charge < -0.3 is 29.9 Å². The quantitative estimate of drug-likeness (QED) is 0.0367. The molecule has 18 nitrogen and oxygen atoms in total. The summed E-state index contributed by atoms with van der Waals surface area (Å²) in [6.45, 7) is 10.9. The third-order valence-corrected chi connectivity index (χ3v) is 15.4. The molecule has 2 aromatic carbocycles. The molecule has 5 aromatic heterocycles. The van der Waals surface area contributed by atoms with Crippen molar-refractivity contribution in [3.63, 3.8) is 0 Å². The van der Waals surface area contributed by atoms with Gasteiger partial charge in [0.25, 0.3) is 10.1 Å². The van der Waals surface area contributed by atoms with Crippen LogP contribution in [0.3, 0.4) is 0 Å². The Morgan fingerprint density at radius 3 is 1.56 bits per heavy atom. The topological polar surface area (TPSA) is 217 Å². The molecule has 0 saturated carbocycles. The second-order valence-electron chi connectivity index (χ2n) is 13.0. The molecule has 0 saturated heterocycles. The molecule has 63 heavy (non-hydrogen) atoms. The van der Waals surface area contributed by atoms with Crippen molar-refractivity contribution in [2.75, 3.05) is 72.3 Å². The van der Waals surface area contributed by atoms with Crippen molar-refractivity contribution in [2.45, 2.75) is 32.9 Å². The van der Waals surface area contributed by atoms with E-state index >= 15 is 0 Å². The molecule has 0 aliphatic carbocycles. The van der Waals surface area contributed by atoms with Gasteiger partial charge in [0.2, 0.25) is 11.9 Å². The number of azo groups is 2. The fourth-order valence-electron chi connectivity index (χ4n) is 6.22. The van der Waals surface area contributed by atoms with E-state index in [0.717, 1.165) is 32.8 Å². The largest absolute Gasteiger partial charge is 0.494 e. The van der Waals surface area contributed by atoms with Crippen LogP contribution in [-0.4, -0.2) is 88.6 Å². The highest BCUT2D eigenvalue weighted by molar-refractivity contribution is 8.00. The first-order chi connectivity index (χ1) is 30.4. The van der Waals surface area contributed by atoms with E-state index in [4.69, 9.17) is 37.7 Å². The number of aromatic nitrogens is 5. The lowest BCUT2D eigenvalue weighted by Gasteiger charge is -2.25. The van der Waals surface area contributed by atoms with Gasteiger partial charge in [0.05, 0.1) is 63.5 Å². The van der Waals surface area contributed by atoms with Crippen LogP contribution in [0.1, 0.15) is 27.7 Å². The number of thiophene rings is 2. The number of nitrogens with zero attached hydrogens (tertiary/aromatic N) is 11. The lowest BCUT2D eigenvalue weighted by Crippen LogP contribution is -2.22. The number of nitrogens with one attached hydrogen (secondary N) is 2. The molecule has 0 aliphatic heterocycles. The van der Waals surface area contributed by atoms with Crippen molar-refractivity contribution < 1.29 is 22.4 Å². The van der Waals surface area contributed by atoms with E-state index in [1.165, 1.54) is 45.7 Å². The van der Waals surface area contributed by atoms with Gasteiger partial charge in [0, 0.05) is 54.8 Å². The SMILES string of the molecule is CCN(CC)c1cc(Nc2nc(Nc3cc(N(CC)CC)c(OC)cc3N=Nc3snc4scc(Cl)c34)nc(SCCS(=O)(=O)O)n2)c(N=Nc2snc3scc(Cl)c23)cc1OC. The smallest absolute Gasteiger partial charge is 0.265 e. The number of benzene rings is 2. The highest BCUT2D eigenvalue weighted by Crippen LogP contribution is 2.46. The third kappa shape index (κ3) is 10.7. The van der Waals surface area contributed by atoms with Crippen LogP contribution in [0.2, 0.25) is 10.0 Å². The molecule has 0 atom stereocenters. The van der Waals surface area contributed by atoms with Gasteiger partial charge in [-0.2, -0.15) is 32.1 Å². The number of rotatable bonds is 20. The number of thioether (sulfide) groups is 1.